The molecule has 0 amide bonds. The van der Waals surface area contributed by atoms with Gasteiger partial charge in [0.25, 0.3) is 0 Å². The molecule has 1 aromatic carbocycles. The largest absolute Gasteiger partial charge is 0.487 e. The van der Waals surface area contributed by atoms with Crippen LogP contribution in [0.15, 0.2) is 42.9 Å². The predicted molar refractivity (Wildman–Crippen MR) is 139 cm³/mol. The second kappa shape index (κ2) is 11.4. The molecule has 0 bridgehead atoms. The zero-order chi connectivity index (χ0) is 28.4. The number of hydrogen-bond donors (Lipinski definition) is 3. The fourth-order valence-electron chi connectivity index (χ4n) is 5.07. The van der Waals surface area contributed by atoms with Gasteiger partial charge < -0.3 is 20.3 Å². The number of pyridine rings is 1. The van der Waals surface area contributed by atoms with Gasteiger partial charge >= 0.3 is 6.18 Å². The molecule has 0 unspecified atom stereocenters. The van der Waals surface area contributed by atoms with Gasteiger partial charge in [-0.25, -0.2) is 9.37 Å². The number of halogens is 4. The van der Waals surface area contributed by atoms with Gasteiger partial charge in [-0.1, -0.05) is 6.07 Å². The summed E-state index contributed by atoms with van der Waals surface area (Å²) in [6, 6.07) is 4.97. The van der Waals surface area contributed by atoms with E-state index in [1.165, 1.54) is 10.7 Å². The minimum Gasteiger partial charge on any atom is -0.487 e. The number of ether oxygens (including phenoxy) is 1. The van der Waals surface area contributed by atoms with Gasteiger partial charge in [-0.2, -0.15) is 23.4 Å². The lowest BCUT2D eigenvalue weighted by Gasteiger charge is -2.30. The lowest BCUT2D eigenvalue weighted by Crippen LogP contribution is -2.26. The van der Waals surface area contributed by atoms with Gasteiger partial charge in [0, 0.05) is 36.0 Å². The Morgan fingerprint density at radius 3 is 2.65 bits per heavy atom. The van der Waals surface area contributed by atoms with Crippen molar-refractivity contribution in [2.75, 3.05) is 18.5 Å². The first kappa shape index (κ1) is 27.8. The molecule has 1 aliphatic rings. The van der Waals surface area contributed by atoms with Crippen LogP contribution in [0.2, 0.25) is 0 Å². The molecule has 9 nitrogen and oxygen atoms in total. The molecule has 1 saturated carbocycles. The maximum atomic E-state index is 14.5. The number of nitrogens with zero attached hydrogens (tertiary/aromatic N) is 5. The molecule has 1 atom stereocenters. The van der Waals surface area contributed by atoms with Crippen molar-refractivity contribution < 1.29 is 32.5 Å². The van der Waals surface area contributed by atoms with E-state index in [1.54, 1.807) is 18.6 Å². The van der Waals surface area contributed by atoms with Crippen molar-refractivity contribution >= 4 is 16.7 Å². The number of nitrogens with one attached hydrogen (secondary N) is 1. The van der Waals surface area contributed by atoms with Crippen molar-refractivity contribution in [2.45, 2.75) is 63.6 Å². The SMILES string of the molecule is CCNc1cc2c(cn1)c(-c1cnn(C[C@H](O)CO)c1)nn2C1CCC(Oc2cccc(C(F)(F)F)c2F)CC1. The molecular weight excluding hydrogens is 532 g/mol. The fourth-order valence-corrected chi connectivity index (χ4v) is 5.07. The lowest BCUT2D eigenvalue weighted by molar-refractivity contribution is -0.140. The molecule has 5 rings (SSSR count). The van der Waals surface area contributed by atoms with Crippen LogP contribution in [0, 0.1) is 5.82 Å². The number of alkyl halides is 3. The molecular formula is C27H30F4N6O3. The van der Waals surface area contributed by atoms with Crippen LogP contribution in [-0.2, 0) is 12.7 Å². The number of benzene rings is 1. The van der Waals surface area contributed by atoms with Crippen molar-refractivity contribution in [2.24, 2.45) is 0 Å². The summed E-state index contributed by atoms with van der Waals surface area (Å²) in [6.45, 7) is 2.41. The van der Waals surface area contributed by atoms with Crippen molar-refractivity contribution in [3.63, 3.8) is 0 Å². The summed E-state index contributed by atoms with van der Waals surface area (Å²) in [5, 5.41) is 32.1. The minimum absolute atomic E-state index is 0.0226. The molecule has 0 spiro atoms. The standard InChI is InChI=1S/C27H30F4N6O3/c1-2-32-24-10-22-20(12-33-24)26(16-11-34-36(13-16)14-18(39)15-38)35-37(22)17-6-8-19(9-7-17)40-23-5-3-4-21(25(23)28)27(29,30)31/h3-5,10-13,17-19,38-39H,2,6-9,14-15H2,1H3,(H,32,33)/t17?,18-,19?/m0/s1. The van der Waals surface area contributed by atoms with E-state index in [2.05, 4.69) is 15.4 Å². The van der Waals surface area contributed by atoms with E-state index in [-0.39, 0.29) is 19.2 Å². The average Bonchev–Trinajstić information content (AvgIpc) is 3.54. The molecule has 40 heavy (non-hydrogen) atoms. The van der Waals surface area contributed by atoms with Crippen LogP contribution in [-0.4, -0.2) is 60.1 Å². The third-order valence-corrected chi connectivity index (χ3v) is 7.02. The van der Waals surface area contributed by atoms with E-state index in [9.17, 15) is 22.7 Å². The van der Waals surface area contributed by atoms with Gasteiger partial charge in [-0.3, -0.25) is 9.36 Å². The van der Waals surface area contributed by atoms with Crippen molar-refractivity contribution in [1.82, 2.24) is 24.5 Å². The summed E-state index contributed by atoms with van der Waals surface area (Å²) >= 11 is 0. The average molecular weight is 563 g/mol. The number of rotatable bonds is 9. The topological polar surface area (TPSA) is 110 Å². The van der Waals surface area contributed by atoms with E-state index in [0.29, 0.717) is 49.8 Å². The Bertz CT molecular complexity index is 1460. The zero-order valence-electron chi connectivity index (χ0n) is 21.8. The second-order valence-electron chi connectivity index (χ2n) is 9.86. The van der Waals surface area contributed by atoms with Gasteiger partial charge in [-0.15, -0.1) is 0 Å². The highest BCUT2D eigenvalue weighted by molar-refractivity contribution is 5.93. The molecule has 0 aliphatic heterocycles. The van der Waals surface area contributed by atoms with Gasteiger partial charge in [0.15, 0.2) is 11.6 Å². The quantitative estimate of drug-likeness (QED) is 0.252. The van der Waals surface area contributed by atoms with Crippen molar-refractivity contribution in [3.05, 3.63) is 54.2 Å². The summed E-state index contributed by atoms with van der Waals surface area (Å²) < 4.78 is 63.0. The molecule has 1 fully saturated rings. The zero-order valence-corrected chi connectivity index (χ0v) is 21.8. The smallest absolute Gasteiger partial charge is 0.419 e. The van der Waals surface area contributed by atoms with E-state index < -0.39 is 35.5 Å². The maximum absolute atomic E-state index is 14.5. The molecule has 3 aromatic heterocycles. The van der Waals surface area contributed by atoms with Gasteiger partial charge in [0.05, 0.1) is 48.7 Å². The van der Waals surface area contributed by atoms with E-state index in [1.807, 2.05) is 17.7 Å². The van der Waals surface area contributed by atoms with Crippen LogP contribution in [0.1, 0.15) is 44.2 Å². The third kappa shape index (κ3) is 5.75. The number of aliphatic hydroxyl groups is 2. The monoisotopic (exact) mass is 562 g/mol. The first-order valence-corrected chi connectivity index (χ1v) is 13.1. The Kier molecular flexibility index (Phi) is 7.95. The summed E-state index contributed by atoms with van der Waals surface area (Å²) in [6.07, 6.45) is 1.26. The third-order valence-electron chi connectivity index (χ3n) is 7.02. The van der Waals surface area contributed by atoms with Gasteiger partial charge in [0.1, 0.15) is 11.5 Å². The number of aromatic nitrogens is 5. The highest BCUT2D eigenvalue weighted by Gasteiger charge is 2.36. The lowest BCUT2D eigenvalue weighted by atomic mass is 9.93. The second-order valence-corrected chi connectivity index (χ2v) is 9.86. The number of hydrogen-bond acceptors (Lipinski definition) is 7. The number of anilines is 1. The Morgan fingerprint density at radius 2 is 1.95 bits per heavy atom. The first-order valence-electron chi connectivity index (χ1n) is 13.1. The van der Waals surface area contributed by atoms with Crippen molar-refractivity contribution in [3.8, 4) is 17.0 Å². The molecule has 0 saturated heterocycles. The number of aliphatic hydroxyl groups excluding tert-OH is 2. The Morgan fingerprint density at radius 1 is 1.18 bits per heavy atom. The normalized spacial score (nSPS) is 18.7. The van der Waals surface area contributed by atoms with Crippen LogP contribution in [0.3, 0.4) is 0 Å². The Balaban J connectivity index is 1.38. The van der Waals surface area contributed by atoms with Gasteiger partial charge in [-0.05, 0) is 44.7 Å². The molecule has 3 heterocycles. The molecule has 214 valence electrons. The van der Waals surface area contributed by atoms with Crippen molar-refractivity contribution in [1.29, 1.82) is 0 Å². The van der Waals surface area contributed by atoms with Crippen LogP contribution < -0.4 is 10.1 Å². The maximum Gasteiger partial charge on any atom is 0.419 e. The van der Waals surface area contributed by atoms with E-state index >= 15 is 0 Å². The van der Waals surface area contributed by atoms with Crippen LogP contribution in [0.4, 0.5) is 23.4 Å². The highest BCUT2D eigenvalue weighted by atomic mass is 19.4. The molecule has 0 radical (unpaired) electrons. The van der Waals surface area contributed by atoms with Gasteiger partial charge in [0.2, 0.25) is 0 Å². The van der Waals surface area contributed by atoms with E-state index in [0.717, 1.165) is 22.5 Å². The highest BCUT2D eigenvalue weighted by Crippen LogP contribution is 2.38. The summed E-state index contributed by atoms with van der Waals surface area (Å²) in [7, 11) is 0. The van der Waals surface area contributed by atoms with Crippen LogP contribution in [0.25, 0.3) is 22.2 Å². The molecule has 4 aromatic rings. The molecule has 1 aliphatic carbocycles. The minimum atomic E-state index is -4.80. The van der Waals surface area contributed by atoms with Crippen LogP contribution >= 0.6 is 0 Å². The summed E-state index contributed by atoms with van der Waals surface area (Å²) in [5.74, 6) is -1.09. The Labute approximate surface area is 227 Å². The summed E-state index contributed by atoms with van der Waals surface area (Å²) in [5.41, 5.74) is 0.912. The molecule has 3 N–H and O–H groups in total. The Hall–Kier alpha value is -3.71. The van der Waals surface area contributed by atoms with E-state index in [4.69, 9.17) is 14.9 Å². The summed E-state index contributed by atoms with van der Waals surface area (Å²) in [4.78, 5) is 4.50. The molecule has 13 heteroatoms. The predicted octanol–water partition coefficient (Wildman–Crippen LogP) is 4.80. The first-order chi connectivity index (χ1) is 19.2. The number of fused-ring (bicyclic) bond motifs is 1. The van der Waals surface area contributed by atoms with Crippen LogP contribution in [0.5, 0.6) is 5.75 Å². The fraction of sp³-hybridized carbons (Fsp3) is 0.444.